The number of nitrogens with zero attached hydrogens (tertiary/aromatic N) is 2. The number of aromatic amines is 1. The highest BCUT2D eigenvalue weighted by Crippen LogP contribution is 2.48. The smallest absolute Gasteiger partial charge is 0.237 e. The fraction of sp³-hybridized carbons (Fsp3) is 0.250. The standard InChI is InChI=1S/C12H12N4O/c17-10(15-11-13-8-14-16-11)12(6-7-12)9-4-2-1-3-5-9/h1-5,8H,6-7H2,(H2,13,14,15,16,17). The van der Waals surface area contributed by atoms with Crippen molar-refractivity contribution in [1.29, 1.82) is 0 Å². The van der Waals surface area contributed by atoms with Crippen molar-refractivity contribution in [3.8, 4) is 0 Å². The monoisotopic (exact) mass is 228 g/mol. The van der Waals surface area contributed by atoms with Crippen molar-refractivity contribution in [3.05, 3.63) is 42.2 Å². The molecule has 1 aromatic heterocycles. The first kappa shape index (κ1) is 10.0. The Morgan fingerprint density at radius 2 is 2.06 bits per heavy atom. The molecule has 5 nitrogen and oxygen atoms in total. The average Bonchev–Trinajstić information content (AvgIpc) is 3.04. The number of amides is 1. The first-order valence-corrected chi connectivity index (χ1v) is 5.54. The second-order valence-corrected chi connectivity index (χ2v) is 4.24. The zero-order valence-corrected chi connectivity index (χ0v) is 9.18. The number of nitrogens with one attached hydrogen (secondary N) is 2. The van der Waals surface area contributed by atoms with E-state index in [1.165, 1.54) is 6.33 Å². The van der Waals surface area contributed by atoms with Gasteiger partial charge in [-0.05, 0) is 18.4 Å². The summed E-state index contributed by atoms with van der Waals surface area (Å²) in [6, 6.07) is 9.85. The second kappa shape index (κ2) is 3.69. The molecule has 1 aliphatic carbocycles. The van der Waals surface area contributed by atoms with E-state index in [-0.39, 0.29) is 11.3 Å². The summed E-state index contributed by atoms with van der Waals surface area (Å²) in [5.74, 6) is 0.387. The van der Waals surface area contributed by atoms with Crippen LogP contribution in [0.4, 0.5) is 5.95 Å². The third-order valence-corrected chi connectivity index (χ3v) is 3.16. The van der Waals surface area contributed by atoms with E-state index in [0.29, 0.717) is 5.95 Å². The molecule has 0 radical (unpaired) electrons. The summed E-state index contributed by atoms with van der Waals surface area (Å²) >= 11 is 0. The minimum Gasteiger partial charge on any atom is -0.294 e. The average molecular weight is 228 g/mol. The van der Waals surface area contributed by atoms with Gasteiger partial charge < -0.3 is 0 Å². The lowest BCUT2D eigenvalue weighted by molar-refractivity contribution is -0.118. The van der Waals surface area contributed by atoms with E-state index in [1.807, 2.05) is 30.3 Å². The Bertz CT molecular complexity index is 517. The fourth-order valence-electron chi connectivity index (χ4n) is 2.02. The van der Waals surface area contributed by atoms with Crippen LogP contribution < -0.4 is 5.32 Å². The topological polar surface area (TPSA) is 70.7 Å². The highest BCUT2D eigenvalue weighted by atomic mass is 16.2. The molecule has 2 N–H and O–H groups in total. The van der Waals surface area contributed by atoms with E-state index < -0.39 is 0 Å². The van der Waals surface area contributed by atoms with Gasteiger partial charge in [-0.25, -0.2) is 5.10 Å². The van der Waals surface area contributed by atoms with Crippen molar-refractivity contribution in [1.82, 2.24) is 15.2 Å². The summed E-state index contributed by atoms with van der Waals surface area (Å²) in [5, 5.41) is 9.08. The molecule has 0 aliphatic heterocycles. The predicted molar refractivity (Wildman–Crippen MR) is 62.4 cm³/mol. The van der Waals surface area contributed by atoms with Crippen molar-refractivity contribution in [2.24, 2.45) is 0 Å². The van der Waals surface area contributed by atoms with Crippen LogP contribution in [0.3, 0.4) is 0 Å². The van der Waals surface area contributed by atoms with Gasteiger partial charge in [-0.2, -0.15) is 10.1 Å². The third-order valence-electron chi connectivity index (χ3n) is 3.16. The Hall–Kier alpha value is -2.17. The van der Waals surface area contributed by atoms with E-state index >= 15 is 0 Å². The van der Waals surface area contributed by atoms with E-state index in [4.69, 9.17) is 0 Å². The minimum atomic E-state index is -0.367. The number of hydrogen-bond acceptors (Lipinski definition) is 3. The predicted octanol–water partition coefficient (Wildman–Crippen LogP) is 1.47. The van der Waals surface area contributed by atoms with Gasteiger partial charge >= 0.3 is 0 Å². The molecular formula is C12H12N4O. The number of aromatic nitrogens is 3. The van der Waals surface area contributed by atoms with Crippen LogP contribution in [0.1, 0.15) is 18.4 Å². The molecule has 3 rings (SSSR count). The summed E-state index contributed by atoms with van der Waals surface area (Å²) in [5.41, 5.74) is 0.700. The SMILES string of the molecule is O=C(Nc1ncn[nH]1)C1(c2ccccc2)CC1. The van der Waals surface area contributed by atoms with Crippen molar-refractivity contribution < 1.29 is 4.79 Å². The number of rotatable bonds is 3. The van der Waals surface area contributed by atoms with Crippen LogP contribution >= 0.6 is 0 Å². The van der Waals surface area contributed by atoms with Gasteiger partial charge in [0.05, 0.1) is 5.41 Å². The molecule has 17 heavy (non-hydrogen) atoms. The van der Waals surface area contributed by atoms with Crippen LogP contribution in [-0.4, -0.2) is 21.1 Å². The van der Waals surface area contributed by atoms with Gasteiger partial charge in [0, 0.05) is 0 Å². The molecule has 0 saturated heterocycles. The number of carbonyl (C=O) groups excluding carboxylic acids is 1. The Morgan fingerprint density at radius 1 is 1.29 bits per heavy atom. The number of anilines is 1. The molecule has 1 aliphatic rings. The van der Waals surface area contributed by atoms with Gasteiger partial charge in [-0.3, -0.25) is 10.1 Å². The third kappa shape index (κ3) is 1.69. The molecule has 1 aromatic carbocycles. The molecule has 1 heterocycles. The lowest BCUT2D eigenvalue weighted by atomic mass is 9.95. The molecule has 1 amide bonds. The summed E-state index contributed by atoms with van der Waals surface area (Å²) in [4.78, 5) is 16.1. The van der Waals surface area contributed by atoms with Gasteiger partial charge in [-0.1, -0.05) is 30.3 Å². The lowest BCUT2D eigenvalue weighted by Gasteiger charge is -2.14. The van der Waals surface area contributed by atoms with Gasteiger partial charge in [0.1, 0.15) is 6.33 Å². The highest BCUT2D eigenvalue weighted by Gasteiger charge is 2.51. The first-order valence-electron chi connectivity index (χ1n) is 5.54. The molecular weight excluding hydrogens is 216 g/mol. The second-order valence-electron chi connectivity index (χ2n) is 4.24. The van der Waals surface area contributed by atoms with Gasteiger partial charge in [0.15, 0.2) is 0 Å². The molecule has 5 heteroatoms. The van der Waals surface area contributed by atoms with Gasteiger partial charge in [-0.15, -0.1) is 0 Å². The Labute approximate surface area is 98.3 Å². The van der Waals surface area contributed by atoms with Gasteiger partial charge in [0.2, 0.25) is 11.9 Å². The van der Waals surface area contributed by atoms with Crippen LogP contribution in [-0.2, 0) is 10.2 Å². The van der Waals surface area contributed by atoms with Crippen molar-refractivity contribution in [2.75, 3.05) is 5.32 Å². The van der Waals surface area contributed by atoms with Crippen LogP contribution in [0.2, 0.25) is 0 Å². The van der Waals surface area contributed by atoms with E-state index in [9.17, 15) is 4.79 Å². The maximum atomic E-state index is 12.2. The van der Waals surface area contributed by atoms with Crippen LogP contribution in [0.15, 0.2) is 36.7 Å². The van der Waals surface area contributed by atoms with Crippen LogP contribution in [0, 0.1) is 0 Å². The zero-order chi connectivity index (χ0) is 11.7. The molecule has 0 spiro atoms. The van der Waals surface area contributed by atoms with E-state index in [0.717, 1.165) is 18.4 Å². The molecule has 0 bridgehead atoms. The molecule has 0 unspecified atom stereocenters. The molecule has 1 saturated carbocycles. The maximum absolute atomic E-state index is 12.2. The van der Waals surface area contributed by atoms with Crippen LogP contribution in [0.25, 0.3) is 0 Å². The van der Waals surface area contributed by atoms with Crippen molar-refractivity contribution in [2.45, 2.75) is 18.3 Å². The molecule has 2 aromatic rings. The number of carbonyl (C=O) groups is 1. The quantitative estimate of drug-likeness (QED) is 0.835. The maximum Gasteiger partial charge on any atom is 0.237 e. The number of benzene rings is 1. The van der Waals surface area contributed by atoms with Crippen molar-refractivity contribution >= 4 is 11.9 Å². The summed E-state index contributed by atoms with van der Waals surface area (Å²) in [7, 11) is 0. The normalized spacial score (nSPS) is 16.5. The Balaban J connectivity index is 1.82. The largest absolute Gasteiger partial charge is 0.294 e. The first-order chi connectivity index (χ1) is 8.31. The molecule has 86 valence electrons. The van der Waals surface area contributed by atoms with E-state index in [2.05, 4.69) is 20.5 Å². The Morgan fingerprint density at radius 3 is 2.65 bits per heavy atom. The van der Waals surface area contributed by atoms with Crippen LogP contribution in [0.5, 0.6) is 0 Å². The van der Waals surface area contributed by atoms with Gasteiger partial charge in [0.25, 0.3) is 0 Å². The van der Waals surface area contributed by atoms with Crippen molar-refractivity contribution in [3.63, 3.8) is 0 Å². The zero-order valence-electron chi connectivity index (χ0n) is 9.18. The summed E-state index contributed by atoms with van der Waals surface area (Å²) in [6.45, 7) is 0. The van der Waals surface area contributed by atoms with E-state index in [1.54, 1.807) is 0 Å². The Kier molecular flexibility index (Phi) is 2.18. The molecule has 1 fully saturated rings. The fourth-order valence-corrected chi connectivity index (χ4v) is 2.02. The lowest BCUT2D eigenvalue weighted by Crippen LogP contribution is -2.28. The number of H-pyrrole nitrogens is 1. The summed E-state index contributed by atoms with van der Waals surface area (Å²) in [6.07, 6.45) is 3.14. The highest BCUT2D eigenvalue weighted by molar-refractivity contribution is 6.00. The summed E-state index contributed by atoms with van der Waals surface area (Å²) < 4.78 is 0. The minimum absolute atomic E-state index is 0.0135. The molecule has 0 atom stereocenters. The number of hydrogen-bond donors (Lipinski definition) is 2.